The summed E-state index contributed by atoms with van der Waals surface area (Å²) < 4.78 is 5.63. The van der Waals surface area contributed by atoms with Crippen LogP contribution in [0.2, 0.25) is 0 Å². The van der Waals surface area contributed by atoms with E-state index in [0.717, 1.165) is 31.4 Å². The number of benzene rings is 1. The number of aromatic nitrogens is 1. The Morgan fingerprint density at radius 2 is 1.86 bits per heavy atom. The van der Waals surface area contributed by atoms with Crippen molar-refractivity contribution in [3.8, 4) is 5.75 Å². The van der Waals surface area contributed by atoms with Crippen LogP contribution in [-0.2, 0) is 14.4 Å². The molecule has 0 aliphatic heterocycles. The molecule has 2 aromatic rings. The van der Waals surface area contributed by atoms with Gasteiger partial charge in [0.25, 0.3) is 5.91 Å². The molecule has 1 aliphatic rings. The van der Waals surface area contributed by atoms with Crippen molar-refractivity contribution in [1.29, 1.82) is 0 Å². The zero-order valence-electron chi connectivity index (χ0n) is 21.1. The van der Waals surface area contributed by atoms with E-state index >= 15 is 0 Å². The van der Waals surface area contributed by atoms with Gasteiger partial charge in [0.2, 0.25) is 0 Å². The minimum Gasteiger partial charge on any atom is -0.494 e. The van der Waals surface area contributed by atoms with Gasteiger partial charge in [0.1, 0.15) is 17.4 Å². The van der Waals surface area contributed by atoms with Gasteiger partial charge in [-0.05, 0) is 69.5 Å². The number of nitrogens with one attached hydrogen (secondary N) is 1. The van der Waals surface area contributed by atoms with E-state index in [0.29, 0.717) is 31.1 Å². The fraction of sp³-hybridized carbons (Fsp3) is 0.481. The van der Waals surface area contributed by atoms with E-state index < -0.39 is 12.1 Å². The van der Waals surface area contributed by atoms with Gasteiger partial charge in [-0.2, -0.15) is 0 Å². The normalized spacial score (nSPS) is 14.4. The number of anilines is 2. The SMILES string of the molecule is CCN(C(=O)C(Nc1ccc(OCCCC(=O)O)cc1)N(CC(C)=O)C1CCCC1)c1ccccn1. The summed E-state index contributed by atoms with van der Waals surface area (Å²) in [6.07, 6.45) is 5.43. The number of ether oxygens (including phenoxy) is 1. The Balaban J connectivity index is 1.83. The summed E-state index contributed by atoms with van der Waals surface area (Å²) in [5.74, 6) is 0.175. The van der Waals surface area contributed by atoms with Crippen LogP contribution in [0.4, 0.5) is 11.5 Å². The van der Waals surface area contributed by atoms with E-state index in [4.69, 9.17) is 9.84 Å². The molecular weight excluding hydrogens is 460 g/mol. The average molecular weight is 497 g/mol. The largest absolute Gasteiger partial charge is 0.494 e. The number of carbonyl (C=O) groups excluding carboxylic acids is 2. The molecule has 1 heterocycles. The Morgan fingerprint density at radius 3 is 2.44 bits per heavy atom. The number of hydrogen-bond donors (Lipinski definition) is 2. The van der Waals surface area contributed by atoms with Crippen molar-refractivity contribution in [3.05, 3.63) is 48.7 Å². The van der Waals surface area contributed by atoms with E-state index in [-0.39, 0.29) is 30.7 Å². The molecule has 3 rings (SSSR count). The smallest absolute Gasteiger partial charge is 0.303 e. The summed E-state index contributed by atoms with van der Waals surface area (Å²) in [4.78, 5) is 44.9. The number of carboxylic acids is 1. The van der Waals surface area contributed by atoms with Crippen LogP contribution in [0.5, 0.6) is 5.75 Å². The molecule has 0 spiro atoms. The van der Waals surface area contributed by atoms with Crippen LogP contribution in [0.3, 0.4) is 0 Å². The number of hydrogen-bond acceptors (Lipinski definition) is 7. The molecule has 194 valence electrons. The lowest BCUT2D eigenvalue weighted by Gasteiger charge is -2.38. The van der Waals surface area contributed by atoms with Gasteiger partial charge < -0.3 is 15.2 Å². The molecule has 1 atom stereocenters. The summed E-state index contributed by atoms with van der Waals surface area (Å²) >= 11 is 0. The summed E-state index contributed by atoms with van der Waals surface area (Å²) in [7, 11) is 0. The Morgan fingerprint density at radius 1 is 1.14 bits per heavy atom. The average Bonchev–Trinajstić information content (AvgIpc) is 3.40. The Labute approximate surface area is 212 Å². The van der Waals surface area contributed by atoms with Gasteiger partial charge in [0.05, 0.1) is 13.2 Å². The van der Waals surface area contributed by atoms with E-state index in [1.807, 2.05) is 36.1 Å². The first-order valence-electron chi connectivity index (χ1n) is 12.6. The standard InChI is InChI=1S/C27H36N4O5/c1-3-30(24-11-6-7-17-28-24)27(35)26(31(19-20(2)32)22-9-4-5-10-22)29-21-13-15-23(16-14-21)36-18-8-12-25(33)34/h6-7,11,13-17,22,26,29H,3-5,8-10,12,18-19H2,1-2H3,(H,33,34). The van der Waals surface area contributed by atoms with Crippen LogP contribution in [0, 0.1) is 0 Å². The van der Waals surface area contributed by atoms with Crippen molar-refractivity contribution < 1.29 is 24.2 Å². The number of pyridine rings is 1. The molecule has 0 bridgehead atoms. The number of carbonyl (C=O) groups is 3. The second-order valence-corrected chi connectivity index (χ2v) is 9.00. The van der Waals surface area contributed by atoms with Crippen molar-refractivity contribution in [2.75, 3.05) is 29.9 Å². The minimum absolute atomic E-state index is 0.00694. The quantitative estimate of drug-likeness (QED) is 0.299. The predicted molar refractivity (Wildman–Crippen MR) is 138 cm³/mol. The molecular formula is C27H36N4O5. The van der Waals surface area contributed by atoms with Gasteiger partial charge >= 0.3 is 5.97 Å². The first-order valence-corrected chi connectivity index (χ1v) is 12.6. The fourth-order valence-corrected chi connectivity index (χ4v) is 4.52. The van der Waals surface area contributed by atoms with Gasteiger partial charge in [-0.1, -0.05) is 18.9 Å². The van der Waals surface area contributed by atoms with Crippen LogP contribution in [0.1, 0.15) is 52.4 Å². The molecule has 1 unspecified atom stereocenters. The number of nitrogens with zero attached hydrogens (tertiary/aromatic N) is 3. The lowest BCUT2D eigenvalue weighted by atomic mass is 10.1. The van der Waals surface area contributed by atoms with E-state index in [2.05, 4.69) is 10.3 Å². The van der Waals surface area contributed by atoms with Crippen LogP contribution in [0.15, 0.2) is 48.7 Å². The number of ketones is 1. The molecule has 1 aromatic heterocycles. The summed E-state index contributed by atoms with van der Waals surface area (Å²) in [6.45, 7) is 4.39. The molecule has 9 nitrogen and oxygen atoms in total. The molecule has 0 radical (unpaired) electrons. The summed E-state index contributed by atoms with van der Waals surface area (Å²) in [5, 5.41) is 12.1. The summed E-state index contributed by atoms with van der Waals surface area (Å²) in [6, 6.07) is 12.8. The number of amides is 1. The zero-order valence-corrected chi connectivity index (χ0v) is 21.1. The Kier molecular flexibility index (Phi) is 10.2. The van der Waals surface area contributed by atoms with Gasteiger partial charge in [-0.15, -0.1) is 0 Å². The van der Waals surface area contributed by atoms with Crippen LogP contribution in [0.25, 0.3) is 0 Å². The van der Waals surface area contributed by atoms with Gasteiger partial charge in [0.15, 0.2) is 6.17 Å². The highest BCUT2D eigenvalue weighted by molar-refractivity contribution is 5.98. The van der Waals surface area contributed by atoms with Gasteiger partial charge in [-0.25, -0.2) is 4.98 Å². The maximum Gasteiger partial charge on any atom is 0.303 e. The number of rotatable bonds is 14. The highest BCUT2D eigenvalue weighted by atomic mass is 16.5. The Hall–Kier alpha value is -3.46. The predicted octanol–water partition coefficient (Wildman–Crippen LogP) is 3.95. The maximum atomic E-state index is 14.0. The number of carboxylic acid groups (broad SMARTS) is 1. The van der Waals surface area contributed by atoms with Gasteiger partial charge in [-0.3, -0.25) is 24.2 Å². The molecule has 1 amide bonds. The monoisotopic (exact) mass is 496 g/mol. The van der Waals surface area contributed by atoms with Crippen LogP contribution in [-0.4, -0.2) is 64.6 Å². The van der Waals surface area contributed by atoms with Crippen molar-refractivity contribution >= 4 is 29.2 Å². The third kappa shape index (κ3) is 7.78. The molecule has 0 saturated heterocycles. The third-order valence-electron chi connectivity index (χ3n) is 6.23. The lowest BCUT2D eigenvalue weighted by molar-refractivity contribution is -0.137. The highest BCUT2D eigenvalue weighted by Gasteiger charge is 2.36. The second-order valence-electron chi connectivity index (χ2n) is 9.00. The molecule has 36 heavy (non-hydrogen) atoms. The number of Topliss-reactive ketones (excluding diaryl/α,β-unsaturated/α-hetero) is 1. The summed E-state index contributed by atoms with van der Waals surface area (Å²) in [5.41, 5.74) is 0.717. The molecule has 1 saturated carbocycles. The first-order chi connectivity index (χ1) is 17.4. The highest BCUT2D eigenvalue weighted by Crippen LogP contribution is 2.27. The molecule has 1 fully saturated rings. The van der Waals surface area contributed by atoms with Crippen LogP contribution >= 0.6 is 0 Å². The molecule has 1 aliphatic carbocycles. The topological polar surface area (TPSA) is 112 Å². The van der Waals surface area contributed by atoms with E-state index in [9.17, 15) is 14.4 Å². The third-order valence-corrected chi connectivity index (χ3v) is 6.23. The first kappa shape index (κ1) is 27.1. The maximum absolute atomic E-state index is 14.0. The van der Waals surface area contributed by atoms with Crippen molar-refractivity contribution in [2.24, 2.45) is 0 Å². The second kappa shape index (κ2) is 13.6. The molecule has 9 heteroatoms. The van der Waals surface area contributed by atoms with E-state index in [1.165, 1.54) is 0 Å². The van der Waals surface area contributed by atoms with Crippen molar-refractivity contribution in [3.63, 3.8) is 0 Å². The molecule has 2 N–H and O–H groups in total. The van der Waals surface area contributed by atoms with Crippen molar-refractivity contribution in [1.82, 2.24) is 9.88 Å². The molecule has 1 aromatic carbocycles. The zero-order chi connectivity index (χ0) is 25.9. The van der Waals surface area contributed by atoms with Crippen LogP contribution < -0.4 is 15.0 Å². The van der Waals surface area contributed by atoms with E-state index in [1.54, 1.807) is 36.2 Å². The fourth-order valence-electron chi connectivity index (χ4n) is 4.52. The lowest BCUT2D eigenvalue weighted by Crippen LogP contribution is -2.57. The van der Waals surface area contributed by atoms with Gasteiger partial charge in [0, 0.05) is 30.9 Å². The number of aliphatic carboxylic acids is 1. The Bertz CT molecular complexity index is 993. The number of likely N-dealkylation sites (N-methyl/N-ethyl adjacent to an activating group) is 1. The van der Waals surface area contributed by atoms with Crippen molar-refractivity contribution in [2.45, 2.75) is 64.6 Å². The minimum atomic E-state index is -0.849.